The molecule has 1 aromatic heterocycles. The molecule has 1 heterocycles. The Bertz CT molecular complexity index is 384. The minimum atomic E-state index is -0.181. The lowest BCUT2D eigenvalue weighted by Crippen LogP contribution is -2.20. The van der Waals surface area contributed by atoms with E-state index in [4.69, 9.17) is 10.5 Å². The van der Waals surface area contributed by atoms with Crippen molar-refractivity contribution in [1.29, 1.82) is 0 Å². The van der Waals surface area contributed by atoms with Crippen molar-refractivity contribution in [2.75, 3.05) is 6.61 Å². The van der Waals surface area contributed by atoms with Crippen molar-refractivity contribution in [2.45, 2.75) is 38.8 Å². The lowest BCUT2D eigenvalue weighted by atomic mass is 9.94. The summed E-state index contributed by atoms with van der Waals surface area (Å²) in [6.07, 6.45) is 5.08. The van der Waals surface area contributed by atoms with Crippen molar-refractivity contribution in [3.8, 4) is 0 Å². The molecule has 4 heteroatoms. The van der Waals surface area contributed by atoms with Gasteiger partial charge in [-0.05, 0) is 37.8 Å². The van der Waals surface area contributed by atoms with E-state index in [-0.39, 0.29) is 12.0 Å². The topological polar surface area (TPSA) is 57.2 Å². The van der Waals surface area contributed by atoms with Crippen LogP contribution in [0.5, 0.6) is 0 Å². The van der Waals surface area contributed by atoms with Gasteiger partial charge in [0.2, 0.25) is 0 Å². The molecular formula is C12H18N2O2. The largest absolute Gasteiger partial charge is 0.465 e. The molecule has 0 radical (unpaired) electrons. The zero-order chi connectivity index (χ0) is 11.5. The lowest BCUT2D eigenvalue weighted by Gasteiger charge is -2.20. The molecule has 2 N–H and O–H groups in total. The standard InChI is InChI=1S/C12H18N2O2/c1-2-16-12(15)8-14-7-6-9-10(13)4-3-5-11(9)14/h6-7,10H,2-5,8,13H2,1H3/t10-/m0/s1. The van der Waals surface area contributed by atoms with Gasteiger partial charge < -0.3 is 15.0 Å². The van der Waals surface area contributed by atoms with Crippen LogP contribution in [0.4, 0.5) is 0 Å². The van der Waals surface area contributed by atoms with Crippen molar-refractivity contribution >= 4 is 5.97 Å². The molecule has 1 atom stereocenters. The fraction of sp³-hybridized carbons (Fsp3) is 0.583. The Balaban J connectivity index is 2.14. The van der Waals surface area contributed by atoms with E-state index in [1.54, 1.807) is 0 Å². The SMILES string of the molecule is CCOC(=O)Cn1ccc2c1CCC[C@@H]2N. The molecule has 0 aromatic carbocycles. The number of hydrogen-bond acceptors (Lipinski definition) is 3. The molecule has 0 saturated carbocycles. The van der Waals surface area contributed by atoms with Gasteiger partial charge in [0, 0.05) is 17.9 Å². The molecule has 0 unspecified atom stereocenters. The van der Waals surface area contributed by atoms with Crippen molar-refractivity contribution in [3.05, 3.63) is 23.5 Å². The number of aromatic nitrogens is 1. The summed E-state index contributed by atoms with van der Waals surface area (Å²) in [7, 11) is 0. The minimum absolute atomic E-state index is 0.132. The fourth-order valence-electron chi connectivity index (χ4n) is 2.29. The van der Waals surface area contributed by atoms with Crippen LogP contribution < -0.4 is 5.73 Å². The summed E-state index contributed by atoms with van der Waals surface area (Å²) in [5.74, 6) is -0.181. The average Bonchev–Trinajstić information content (AvgIpc) is 2.64. The van der Waals surface area contributed by atoms with E-state index in [9.17, 15) is 4.79 Å². The van der Waals surface area contributed by atoms with Gasteiger partial charge >= 0.3 is 5.97 Å². The smallest absolute Gasteiger partial charge is 0.325 e. The minimum Gasteiger partial charge on any atom is -0.465 e. The molecular weight excluding hydrogens is 204 g/mol. The summed E-state index contributed by atoms with van der Waals surface area (Å²) in [5, 5.41) is 0. The summed E-state index contributed by atoms with van der Waals surface area (Å²) in [6.45, 7) is 2.55. The number of esters is 1. The Morgan fingerprint density at radius 3 is 3.25 bits per heavy atom. The highest BCUT2D eigenvalue weighted by atomic mass is 16.5. The van der Waals surface area contributed by atoms with Crippen molar-refractivity contribution in [2.24, 2.45) is 5.73 Å². The first-order valence-corrected chi connectivity index (χ1v) is 5.81. The second-order valence-electron chi connectivity index (χ2n) is 4.15. The first-order valence-electron chi connectivity index (χ1n) is 5.81. The number of nitrogens with zero attached hydrogens (tertiary/aromatic N) is 1. The Morgan fingerprint density at radius 1 is 1.69 bits per heavy atom. The second kappa shape index (κ2) is 4.70. The van der Waals surface area contributed by atoms with E-state index in [1.807, 2.05) is 23.8 Å². The highest BCUT2D eigenvalue weighted by Gasteiger charge is 2.20. The van der Waals surface area contributed by atoms with Gasteiger partial charge in [-0.1, -0.05) is 0 Å². The predicted octanol–water partition coefficient (Wildman–Crippen LogP) is 1.39. The van der Waals surface area contributed by atoms with Crippen LogP contribution in [0.1, 0.15) is 37.1 Å². The monoisotopic (exact) mass is 222 g/mol. The van der Waals surface area contributed by atoms with Crippen LogP contribution >= 0.6 is 0 Å². The van der Waals surface area contributed by atoms with Gasteiger partial charge in [0.05, 0.1) is 6.61 Å². The van der Waals surface area contributed by atoms with Gasteiger partial charge in [0.25, 0.3) is 0 Å². The molecule has 1 aliphatic carbocycles. The molecule has 0 saturated heterocycles. The van der Waals surface area contributed by atoms with Gasteiger partial charge in [-0.25, -0.2) is 0 Å². The summed E-state index contributed by atoms with van der Waals surface area (Å²) in [6, 6.07) is 2.16. The fourth-order valence-corrected chi connectivity index (χ4v) is 2.29. The Kier molecular flexibility index (Phi) is 3.29. The van der Waals surface area contributed by atoms with Crippen LogP contribution in [0.3, 0.4) is 0 Å². The van der Waals surface area contributed by atoms with Gasteiger partial charge in [0.1, 0.15) is 6.54 Å². The quantitative estimate of drug-likeness (QED) is 0.786. The van der Waals surface area contributed by atoms with Gasteiger partial charge in [-0.2, -0.15) is 0 Å². The van der Waals surface area contributed by atoms with Crippen molar-refractivity contribution in [3.63, 3.8) is 0 Å². The third-order valence-electron chi connectivity index (χ3n) is 3.05. The Labute approximate surface area is 95.4 Å². The van der Waals surface area contributed by atoms with Crippen molar-refractivity contribution in [1.82, 2.24) is 4.57 Å². The summed E-state index contributed by atoms with van der Waals surface area (Å²) in [5.41, 5.74) is 8.41. The number of carbonyl (C=O) groups excluding carboxylic acids is 1. The molecule has 4 nitrogen and oxygen atoms in total. The molecule has 1 aromatic rings. The summed E-state index contributed by atoms with van der Waals surface area (Å²) in [4.78, 5) is 11.4. The van der Waals surface area contributed by atoms with Gasteiger partial charge in [0.15, 0.2) is 0 Å². The van der Waals surface area contributed by atoms with E-state index in [1.165, 1.54) is 11.3 Å². The molecule has 0 spiro atoms. The number of fused-ring (bicyclic) bond motifs is 1. The van der Waals surface area contributed by atoms with E-state index in [2.05, 4.69) is 0 Å². The normalized spacial score (nSPS) is 19.2. The molecule has 0 fully saturated rings. The average molecular weight is 222 g/mol. The van der Waals surface area contributed by atoms with E-state index in [0.717, 1.165) is 19.3 Å². The van der Waals surface area contributed by atoms with E-state index < -0.39 is 0 Å². The maximum atomic E-state index is 11.4. The van der Waals surface area contributed by atoms with Crippen LogP contribution in [0, 0.1) is 0 Å². The number of hydrogen-bond donors (Lipinski definition) is 1. The Hall–Kier alpha value is -1.29. The van der Waals surface area contributed by atoms with Gasteiger partial charge in [-0.15, -0.1) is 0 Å². The predicted molar refractivity (Wildman–Crippen MR) is 60.9 cm³/mol. The summed E-state index contributed by atoms with van der Waals surface area (Å²) >= 11 is 0. The molecule has 1 aliphatic rings. The maximum Gasteiger partial charge on any atom is 0.325 e. The van der Waals surface area contributed by atoms with Crippen LogP contribution in [0.15, 0.2) is 12.3 Å². The van der Waals surface area contributed by atoms with Gasteiger partial charge in [-0.3, -0.25) is 4.79 Å². The third kappa shape index (κ3) is 2.11. The zero-order valence-electron chi connectivity index (χ0n) is 9.61. The van der Waals surface area contributed by atoms with Crippen molar-refractivity contribution < 1.29 is 9.53 Å². The van der Waals surface area contributed by atoms with Crippen LogP contribution in [-0.4, -0.2) is 17.1 Å². The van der Waals surface area contributed by atoms with Crippen LogP contribution in [0.2, 0.25) is 0 Å². The first kappa shape index (κ1) is 11.2. The Morgan fingerprint density at radius 2 is 2.50 bits per heavy atom. The lowest BCUT2D eigenvalue weighted by molar-refractivity contribution is -0.143. The number of carbonyl (C=O) groups is 1. The second-order valence-corrected chi connectivity index (χ2v) is 4.15. The molecule has 0 amide bonds. The maximum absolute atomic E-state index is 11.4. The third-order valence-corrected chi connectivity index (χ3v) is 3.05. The number of nitrogens with two attached hydrogens (primary N) is 1. The molecule has 88 valence electrons. The van der Waals surface area contributed by atoms with E-state index in [0.29, 0.717) is 13.2 Å². The number of ether oxygens (including phenoxy) is 1. The first-order chi connectivity index (χ1) is 7.72. The van der Waals surface area contributed by atoms with Crippen LogP contribution in [0.25, 0.3) is 0 Å². The molecule has 16 heavy (non-hydrogen) atoms. The van der Waals surface area contributed by atoms with Crippen LogP contribution in [-0.2, 0) is 22.5 Å². The highest BCUT2D eigenvalue weighted by Crippen LogP contribution is 2.28. The highest BCUT2D eigenvalue weighted by molar-refractivity contribution is 5.69. The summed E-state index contributed by atoms with van der Waals surface area (Å²) < 4.78 is 6.91. The van der Waals surface area contributed by atoms with E-state index >= 15 is 0 Å². The molecule has 2 rings (SSSR count). The number of rotatable bonds is 3. The molecule has 0 aliphatic heterocycles. The molecule has 0 bridgehead atoms. The zero-order valence-corrected chi connectivity index (χ0v) is 9.61.